The van der Waals surface area contributed by atoms with Gasteiger partial charge in [-0.05, 0) is 38.8 Å². The van der Waals surface area contributed by atoms with Crippen molar-refractivity contribution in [3.63, 3.8) is 0 Å². The molecule has 0 amide bonds. The standard InChI is InChI=1S/C22H38N4O3.HI/c1-17-7-8-20(21(13-17)28-12-11-27-5)14-25-22(23-4)24-9-6-10-26-15-18(2)29-19(3)16-26;/h7-8,13,18-19H,6,9-12,14-16H2,1-5H3,(H2,23,24,25);1H. The van der Waals surface area contributed by atoms with Gasteiger partial charge in [0, 0.05) is 52.4 Å². The first-order valence-corrected chi connectivity index (χ1v) is 10.6. The molecular formula is C22H39IN4O3. The van der Waals surface area contributed by atoms with E-state index in [4.69, 9.17) is 14.2 Å². The molecule has 1 aromatic rings. The van der Waals surface area contributed by atoms with Gasteiger partial charge in [-0.3, -0.25) is 9.89 Å². The van der Waals surface area contributed by atoms with Crippen molar-refractivity contribution in [2.24, 2.45) is 4.99 Å². The maximum absolute atomic E-state index is 5.87. The molecule has 1 aromatic carbocycles. The lowest BCUT2D eigenvalue weighted by Gasteiger charge is -2.35. The first-order chi connectivity index (χ1) is 14.0. The Kier molecular flexibility index (Phi) is 13.3. The van der Waals surface area contributed by atoms with Crippen molar-refractivity contribution in [3.05, 3.63) is 29.3 Å². The van der Waals surface area contributed by atoms with Crippen LogP contribution in [-0.4, -0.2) is 76.6 Å². The molecule has 1 fully saturated rings. The van der Waals surface area contributed by atoms with Crippen LogP contribution in [0.25, 0.3) is 0 Å². The highest BCUT2D eigenvalue weighted by atomic mass is 127. The molecular weight excluding hydrogens is 495 g/mol. The number of rotatable bonds is 10. The number of morpholine rings is 1. The van der Waals surface area contributed by atoms with E-state index in [1.807, 2.05) is 0 Å². The van der Waals surface area contributed by atoms with Gasteiger partial charge in [0.1, 0.15) is 12.4 Å². The molecule has 0 spiro atoms. The molecule has 2 N–H and O–H groups in total. The lowest BCUT2D eigenvalue weighted by atomic mass is 10.1. The molecule has 1 aliphatic rings. The van der Waals surface area contributed by atoms with Gasteiger partial charge in [0.2, 0.25) is 0 Å². The summed E-state index contributed by atoms with van der Waals surface area (Å²) in [6.07, 6.45) is 1.70. The summed E-state index contributed by atoms with van der Waals surface area (Å²) in [5.74, 6) is 1.69. The number of halogens is 1. The number of hydrogen-bond acceptors (Lipinski definition) is 5. The molecule has 2 unspecified atom stereocenters. The van der Waals surface area contributed by atoms with Crippen LogP contribution in [0.2, 0.25) is 0 Å². The molecule has 2 rings (SSSR count). The molecule has 8 heteroatoms. The van der Waals surface area contributed by atoms with Gasteiger partial charge in [-0.15, -0.1) is 24.0 Å². The van der Waals surface area contributed by atoms with E-state index in [-0.39, 0.29) is 24.0 Å². The largest absolute Gasteiger partial charge is 0.491 e. The number of methoxy groups -OCH3 is 1. The molecule has 0 bridgehead atoms. The molecule has 1 aliphatic heterocycles. The Morgan fingerprint density at radius 1 is 1.20 bits per heavy atom. The Morgan fingerprint density at radius 2 is 1.93 bits per heavy atom. The van der Waals surface area contributed by atoms with E-state index in [2.05, 4.69) is 59.5 Å². The number of benzene rings is 1. The highest BCUT2D eigenvalue weighted by Gasteiger charge is 2.21. The van der Waals surface area contributed by atoms with Gasteiger partial charge in [0.05, 0.1) is 18.8 Å². The normalized spacial score (nSPS) is 19.8. The Balaban J connectivity index is 0.00000450. The van der Waals surface area contributed by atoms with E-state index < -0.39 is 0 Å². The number of nitrogens with zero attached hydrogens (tertiary/aromatic N) is 2. The van der Waals surface area contributed by atoms with E-state index in [0.717, 1.165) is 49.9 Å². The van der Waals surface area contributed by atoms with Gasteiger partial charge in [-0.1, -0.05) is 12.1 Å². The van der Waals surface area contributed by atoms with Crippen molar-refractivity contribution in [1.29, 1.82) is 0 Å². The Bertz CT molecular complexity index is 635. The summed E-state index contributed by atoms with van der Waals surface area (Å²) >= 11 is 0. The summed E-state index contributed by atoms with van der Waals surface area (Å²) < 4.78 is 16.7. The third-order valence-electron chi connectivity index (χ3n) is 4.88. The highest BCUT2D eigenvalue weighted by Crippen LogP contribution is 2.20. The van der Waals surface area contributed by atoms with Crippen LogP contribution in [0.1, 0.15) is 31.4 Å². The lowest BCUT2D eigenvalue weighted by Crippen LogP contribution is -2.46. The van der Waals surface area contributed by atoms with E-state index in [0.29, 0.717) is 32.0 Å². The van der Waals surface area contributed by atoms with E-state index in [1.165, 1.54) is 5.56 Å². The maximum atomic E-state index is 5.87. The minimum atomic E-state index is 0. The summed E-state index contributed by atoms with van der Waals surface area (Å²) in [6, 6.07) is 6.26. The lowest BCUT2D eigenvalue weighted by molar-refractivity contribution is -0.0679. The van der Waals surface area contributed by atoms with E-state index >= 15 is 0 Å². The zero-order chi connectivity index (χ0) is 21.1. The zero-order valence-corrected chi connectivity index (χ0v) is 21.4. The summed E-state index contributed by atoms with van der Waals surface area (Å²) in [5.41, 5.74) is 2.28. The van der Waals surface area contributed by atoms with Crippen molar-refractivity contribution in [2.75, 3.05) is 53.6 Å². The first kappa shape index (κ1) is 26.9. The van der Waals surface area contributed by atoms with E-state index in [1.54, 1.807) is 14.2 Å². The van der Waals surface area contributed by atoms with Gasteiger partial charge in [-0.25, -0.2) is 0 Å². The molecule has 172 valence electrons. The van der Waals surface area contributed by atoms with Crippen molar-refractivity contribution in [2.45, 2.75) is 45.9 Å². The minimum absolute atomic E-state index is 0. The monoisotopic (exact) mass is 534 g/mol. The third kappa shape index (κ3) is 9.80. The van der Waals surface area contributed by atoms with Crippen molar-refractivity contribution in [1.82, 2.24) is 15.5 Å². The molecule has 1 saturated heterocycles. The summed E-state index contributed by atoms with van der Waals surface area (Å²) in [6.45, 7) is 12.1. The second kappa shape index (κ2) is 14.8. The average molecular weight is 534 g/mol. The number of guanidine groups is 1. The van der Waals surface area contributed by atoms with Crippen LogP contribution in [0.15, 0.2) is 23.2 Å². The number of nitrogens with one attached hydrogen (secondary N) is 2. The number of aliphatic imine (C=N–C) groups is 1. The van der Waals surface area contributed by atoms with E-state index in [9.17, 15) is 0 Å². The second-order valence-corrected chi connectivity index (χ2v) is 7.68. The highest BCUT2D eigenvalue weighted by molar-refractivity contribution is 14.0. The Labute approximate surface area is 199 Å². The fourth-order valence-electron chi connectivity index (χ4n) is 3.55. The van der Waals surface area contributed by atoms with Crippen molar-refractivity contribution in [3.8, 4) is 5.75 Å². The summed E-state index contributed by atoms with van der Waals surface area (Å²) in [4.78, 5) is 6.81. The van der Waals surface area contributed by atoms with Crippen LogP contribution in [-0.2, 0) is 16.0 Å². The number of ether oxygens (including phenoxy) is 3. The smallest absolute Gasteiger partial charge is 0.191 e. The van der Waals surface area contributed by atoms with Gasteiger partial charge in [0.15, 0.2) is 5.96 Å². The fourth-order valence-corrected chi connectivity index (χ4v) is 3.55. The van der Waals surface area contributed by atoms with Gasteiger partial charge in [0.25, 0.3) is 0 Å². The Hall–Kier alpha value is -1.10. The predicted octanol–water partition coefficient (Wildman–Crippen LogP) is 2.80. The quantitative estimate of drug-likeness (QED) is 0.208. The van der Waals surface area contributed by atoms with Crippen LogP contribution >= 0.6 is 24.0 Å². The molecule has 0 aromatic heterocycles. The molecule has 0 radical (unpaired) electrons. The van der Waals surface area contributed by atoms with Crippen LogP contribution in [0.3, 0.4) is 0 Å². The van der Waals surface area contributed by atoms with Crippen LogP contribution in [0, 0.1) is 6.92 Å². The average Bonchev–Trinajstić information content (AvgIpc) is 2.68. The SMILES string of the molecule is CN=C(NCCCN1CC(C)OC(C)C1)NCc1ccc(C)cc1OCCOC.I. The summed E-state index contributed by atoms with van der Waals surface area (Å²) in [5, 5.41) is 6.79. The number of hydrogen-bond donors (Lipinski definition) is 2. The molecule has 0 saturated carbocycles. The molecule has 1 heterocycles. The molecule has 30 heavy (non-hydrogen) atoms. The van der Waals surface area contributed by atoms with Crippen LogP contribution in [0.4, 0.5) is 0 Å². The molecule has 7 nitrogen and oxygen atoms in total. The minimum Gasteiger partial charge on any atom is -0.491 e. The summed E-state index contributed by atoms with van der Waals surface area (Å²) in [7, 11) is 3.48. The number of aryl methyl sites for hydroxylation is 1. The van der Waals surface area contributed by atoms with Crippen LogP contribution < -0.4 is 15.4 Å². The predicted molar refractivity (Wildman–Crippen MR) is 133 cm³/mol. The third-order valence-corrected chi connectivity index (χ3v) is 4.88. The fraction of sp³-hybridized carbons (Fsp3) is 0.682. The maximum Gasteiger partial charge on any atom is 0.191 e. The van der Waals surface area contributed by atoms with Crippen molar-refractivity contribution < 1.29 is 14.2 Å². The molecule has 2 atom stereocenters. The van der Waals surface area contributed by atoms with Gasteiger partial charge in [-0.2, -0.15) is 0 Å². The Morgan fingerprint density at radius 3 is 2.60 bits per heavy atom. The zero-order valence-electron chi connectivity index (χ0n) is 19.1. The van der Waals surface area contributed by atoms with Gasteiger partial charge >= 0.3 is 0 Å². The topological polar surface area (TPSA) is 67.4 Å². The first-order valence-electron chi connectivity index (χ1n) is 10.6. The van der Waals surface area contributed by atoms with Gasteiger partial charge < -0.3 is 24.8 Å². The second-order valence-electron chi connectivity index (χ2n) is 7.68. The molecule has 0 aliphatic carbocycles. The van der Waals surface area contributed by atoms with Crippen LogP contribution in [0.5, 0.6) is 5.75 Å². The van der Waals surface area contributed by atoms with Crippen molar-refractivity contribution >= 4 is 29.9 Å².